The number of amides is 2. The van der Waals surface area contributed by atoms with Gasteiger partial charge in [-0.1, -0.05) is 30.3 Å². The van der Waals surface area contributed by atoms with E-state index in [1.54, 1.807) is 42.5 Å². The average Bonchev–Trinajstić information content (AvgIpc) is 2.78. The molecule has 0 fully saturated rings. The Labute approximate surface area is 183 Å². The number of nitrogens with one attached hydrogen (secondary N) is 2. The number of hydrogen-bond donors (Lipinski definition) is 2. The van der Waals surface area contributed by atoms with Crippen molar-refractivity contribution in [3.63, 3.8) is 0 Å². The van der Waals surface area contributed by atoms with E-state index in [9.17, 15) is 14.4 Å². The Hall–Kier alpha value is -4.39. The number of carbonyl (C=O) groups is 2. The van der Waals surface area contributed by atoms with Crippen LogP contribution in [0.4, 0.5) is 11.4 Å². The van der Waals surface area contributed by atoms with Gasteiger partial charge in [-0.15, -0.1) is 0 Å². The number of fused-ring (bicyclic) bond motifs is 1. The summed E-state index contributed by atoms with van der Waals surface area (Å²) < 4.78 is 10.9. The molecule has 0 spiro atoms. The van der Waals surface area contributed by atoms with Crippen molar-refractivity contribution in [3.05, 3.63) is 89.3 Å². The highest BCUT2D eigenvalue weighted by Gasteiger charge is 2.10. The second kappa shape index (κ2) is 9.18. The Morgan fingerprint density at radius 2 is 1.56 bits per heavy atom. The van der Waals surface area contributed by atoms with Crippen LogP contribution in [-0.4, -0.2) is 18.4 Å². The van der Waals surface area contributed by atoms with Crippen LogP contribution in [0, 0.1) is 0 Å². The number of ether oxygens (including phenoxy) is 1. The van der Waals surface area contributed by atoms with Crippen LogP contribution in [0.25, 0.3) is 22.1 Å². The number of rotatable bonds is 6. The number of carbonyl (C=O) groups excluding carboxylic acids is 2. The minimum atomic E-state index is -0.464. The van der Waals surface area contributed by atoms with E-state index in [0.29, 0.717) is 22.7 Å². The molecule has 0 aliphatic heterocycles. The SMILES string of the molecule is CC(=O)Nc1ccc(NC(=O)COc2ccc3c(-c4ccccc4)cc(=O)oc3c2)cc1. The van der Waals surface area contributed by atoms with Gasteiger partial charge < -0.3 is 19.8 Å². The van der Waals surface area contributed by atoms with Crippen LogP contribution in [0.15, 0.2) is 88.1 Å². The summed E-state index contributed by atoms with van der Waals surface area (Å²) in [7, 11) is 0. The third kappa shape index (κ3) is 5.02. The van der Waals surface area contributed by atoms with Gasteiger partial charge in [0.1, 0.15) is 11.3 Å². The summed E-state index contributed by atoms with van der Waals surface area (Å²) in [5, 5.41) is 6.15. The largest absolute Gasteiger partial charge is 0.484 e. The van der Waals surface area contributed by atoms with Crippen molar-refractivity contribution >= 4 is 34.2 Å². The maximum absolute atomic E-state index is 12.2. The van der Waals surface area contributed by atoms with Crippen molar-refractivity contribution in [1.82, 2.24) is 0 Å². The molecule has 0 saturated carbocycles. The molecule has 0 saturated heterocycles. The molecular formula is C25H20N2O5. The van der Waals surface area contributed by atoms with Crippen molar-refractivity contribution in [1.29, 1.82) is 0 Å². The fraction of sp³-hybridized carbons (Fsp3) is 0.0800. The lowest BCUT2D eigenvalue weighted by atomic mass is 10.0. The molecule has 0 aliphatic rings. The van der Waals surface area contributed by atoms with Crippen LogP contribution in [0.1, 0.15) is 6.92 Å². The van der Waals surface area contributed by atoms with Gasteiger partial charge in [0.15, 0.2) is 6.61 Å². The highest BCUT2D eigenvalue weighted by molar-refractivity contribution is 5.94. The molecule has 0 radical (unpaired) electrons. The first-order chi connectivity index (χ1) is 15.5. The smallest absolute Gasteiger partial charge is 0.336 e. The second-order valence-electron chi connectivity index (χ2n) is 7.10. The number of benzene rings is 3. The maximum atomic E-state index is 12.2. The molecule has 7 heteroatoms. The molecule has 1 aromatic heterocycles. The van der Waals surface area contributed by atoms with Gasteiger partial charge in [0.2, 0.25) is 5.91 Å². The van der Waals surface area contributed by atoms with E-state index in [4.69, 9.17) is 9.15 Å². The van der Waals surface area contributed by atoms with Gasteiger partial charge in [-0.2, -0.15) is 0 Å². The summed E-state index contributed by atoms with van der Waals surface area (Å²) >= 11 is 0. The Kier molecular flexibility index (Phi) is 5.98. The van der Waals surface area contributed by atoms with Gasteiger partial charge in [-0.3, -0.25) is 9.59 Å². The fourth-order valence-corrected chi connectivity index (χ4v) is 3.28. The Balaban J connectivity index is 1.45. The highest BCUT2D eigenvalue weighted by atomic mass is 16.5. The minimum Gasteiger partial charge on any atom is -0.484 e. The molecule has 1 heterocycles. The molecule has 3 aromatic carbocycles. The minimum absolute atomic E-state index is 0.169. The van der Waals surface area contributed by atoms with Crippen LogP contribution in [0.2, 0.25) is 0 Å². The van der Waals surface area contributed by atoms with E-state index < -0.39 is 5.63 Å². The van der Waals surface area contributed by atoms with Gasteiger partial charge in [-0.25, -0.2) is 4.79 Å². The molecule has 0 bridgehead atoms. The zero-order valence-electron chi connectivity index (χ0n) is 17.3. The third-order valence-electron chi connectivity index (χ3n) is 4.66. The van der Waals surface area contributed by atoms with Gasteiger partial charge in [0, 0.05) is 35.8 Å². The van der Waals surface area contributed by atoms with Gasteiger partial charge in [-0.05, 0) is 47.5 Å². The van der Waals surface area contributed by atoms with E-state index in [-0.39, 0.29) is 18.4 Å². The van der Waals surface area contributed by atoms with Crippen molar-refractivity contribution in [3.8, 4) is 16.9 Å². The van der Waals surface area contributed by atoms with E-state index in [1.807, 2.05) is 30.3 Å². The summed E-state index contributed by atoms with van der Waals surface area (Å²) in [6.45, 7) is 1.20. The molecule has 32 heavy (non-hydrogen) atoms. The monoisotopic (exact) mass is 428 g/mol. The maximum Gasteiger partial charge on any atom is 0.336 e. The zero-order valence-corrected chi connectivity index (χ0v) is 17.3. The van der Waals surface area contributed by atoms with Crippen molar-refractivity contribution < 1.29 is 18.7 Å². The van der Waals surface area contributed by atoms with Crippen molar-refractivity contribution in [2.24, 2.45) is 0 Å². The zero-order chi connectivity index (χ0) is 22.5. The molecule has 160 valence electrons. The molecule has 2 amide bonds. The van der Waals surface area contributed by atoms with Crippen LogP contribution < -0.4 is 21.0 Å². The molecule has 0 aliphatic carbocycles. The first kappa shape index (κ1) is 20.9. The highest BCUT2D eigenvalue weighted by Crippen LogP contribution is 2.29. The standard InChI is InChI=1S/C25H20N2O5/c1-16(28)26-18-7-9-19(10-8-18)27-24(29)15-31-20-11-12-21-22(17-5-3-2-4-6-17)14-25(30)32-23(21)13-20/h2-14H,15H2,1H3,(H,26,28)(H,27,29). The fourth-order valence-electron chi connectivity index (χ4n) is 3.28. The molecule has 4 rings (SSSR count). The summed E-state index contributed by atoms with van der Waals surface area (Å²) in [6.07, 6.45) is 0. The molecular weight excluding hydrogens is 408 g/mol. The van der Waals surface area contributed by atoms with Gasteiger partial charge in [0.25, 0.3) is 5.91 Å². The van der Waals surface area contributed by atoms with Gasteiger partial charge in [0.05, 0.1) is 0 Å². The first-order valence-corrected chi connectivity index (χ1v) is 9.91. The van der Waals surface area contributed by atoms with Crippen LogP contribution in [0.5, 0.6) is 5.75 Å². The van der Waals surface area contributed by atoms with Gasteiger partial charge >= 0.3 is 5.63 Å². The van der Waals surface area contributed by atoms with Crippen LogP contribution in [0.3, 0.4) is 0 Å². The summed E-state index contributed by atoms with van der Waals surface area (Å²) in [5.41, 5.74) is 2.80. The van der Waals surface area contributed by atoms with E-state index >= 15 is 0 Å². The number of hydrogen-bond acceptors (Lipinski definition) is 5. The molecule has 0 atom stereocenters. The molecule has 0 unspecified atom stereocenters. The summed E-state index contributed by atoms with van der Waals surface area (Å²) in [4.78, 5) is 35.3. The Bertz CT molecular complexity index is 1330. The van der Waals surface area contributed by atoms with Crippen molar-refractivity contribution in [2.75, 3.05) is 17.2 Å². The van der Waals surface area contributed by atoms with Crippen LogP contribution in [-0.2, 0) is 9.59 Å². The lowest BCUT2D eigenvalue weighted by Crippen LogP contribution is -2.20. The van der Waals surface area contributed by atoms with E-state index in [2.05, 4.69) is 10.6 Å². The summed E-state index contributed by atoms with van der Waals surface area (Å²) in [6, 6.07) is 22.9. The first-order valence-electron chi connectivity index (χ1n) is 9.91. The lowest BCUT2D eigenvalue weighted by Gasteiger charge is -2.10. The predicted octanol–water partition coefficient (Wildman–Crippen LogP) is 4.44. The second-order valence-corrected chi connectivity index (χ2v) is 7.10. The molecule has 2 N–H and O–H groups in total. The summed E-state index contributed by atoms with van der Waals surface area (Å²) in [5.74, 6) is -0.115. The van der Waals surface area contributed by atoms with Crippen LogP contribution >= 0.6 is 0 Å². The Morgan fingerprint density at radius 1 is 0.875 bits per heavy atom. The number of anilines is 2. The topological polar surface area (TPSA) is 97.6 Å². The Morgan fingerprint density at radius 3 is 2.25 bits per heavy atom. The normalized spacial score (nSPS) is 10.5. The quantitative estimate of drug-likeness (QED) is 0.443. The molecule has 4 aromatic rings. The predicted molar refractivity (Wildman–Crippen MR) is 123 cm³/mol. The van der Waals surface area contributed by atoms with Crippen molar-refractivity contribution in [2.45, 2.75) is 6.92 Å². The lowest BCUT2D eigenvalue weighted by molar-refractivity contribution is -0.118. The third-order valence-corrected chi connectivity index (χ3v) is 4.66. The van der Waals surface area contributed by atoms with E-state index in [0.717, 1.165) is 16.5 Å². The average molecular weight is 428 g/mol. The molecule has 7 nitrogen and oxygen atoms in total. The van der Waals surface area contributed by atoms with E-state index in [1.165, 1.54) is 13.0 Å².